The standard InChI is InChI=1S/C21H20N2O3S/c1-3-19(24)22(2)16-6-4-5-15(13-16)17-14-27-18-7-8-20(26-21(17)18)23-9-11-25-12-10-23/h1,4-6,8,13-14H,7,9-12H2,2H3. The highest BCUT2D eigenvalue weighted by Gasteiger charge is 2.24. The molecule has 0 atom stereocenters. The van der Waals surface area contributed by atoms with Crippen molar-refractivity contribution in [3.8, 4) is 29.2 Å². The van der Waals surface area contributed by atoms with Crippen molar-refractivity contribution in [1.82, 2.24) is 4.90 Å². The van der Waals surface area contributed by atoms with Crippen molar-refractivity contribution in [2.75, 3.05) is 38.3 Å². The third kappa shape index (κ3) is 3.44. The Morgan fingerprint density at radius 3 is 2.93 bits per heavy atom. The summed E-state index contributed by atoms with van der Waals surface area (Å²) in [5, 5.41) is 2.11. The quantitative estimate of drug-likeness (QED) is 0.768. The zero-order valence-electron chi connectivity index (χ0n) is 15.1. The second-order valence-corrected chi connectivity index (χ2v) is 7.37. The molecule has 6 heteroatoms. The van der Waals surface area contributed by atoms with Crippen molar-refractivity contribution < 1.29 is 14.3 Å². The molecule has 0 aliphatic carbocycles. The highest BCUT2D eigenvalue weighted by molar-refractivity contribution is 7.10. The van der Waals surface area contributed by atoms with Gasteiger partial charge >= 0.3 is 5.91 Å². The van der Waals surface area contributed by atoms with Crippen LogP contribution in [0.4, 0.5) is 5.69 Å². The molecule has 5 nitrogen and oxygen atoms in total. The van der Waals surface area contributed by atoms with Gasteiger partial charge in [0.1, 0.15) is 0 Å². The summed E-state index contributed by atoms with van der Waals surface area (Å²) in [5.74, 6) is 3.60. The molecule has 138 valence electrons. The van der Waals surface area contributed by atoms with E-state index in [4.69, 9.17) is 15.9 Å². The number of benzene rings is 1. The number of thiophene rings is 1. The first-order valence-corrected chi connectivity index (χ1v) is 9.71. The first kappa shape index (κ1) is 17.7. The van der Waals surface area contributed by atoms with Crippen LogP contribution in [0.1, 0.15) is 4.88 Å². The number of nitrogens with zero attached hydrogens (tertiary/aromatic N) is 2. The minimum Gasteiger partial charge on any atom is -0.440 e. The Balaban J connectivity index is 1.62. The van der Waals surface area contributed by atoms with Crippen LogP contribution in [0.15, 0.2) is 41.6 Å². The Labute approximate surface area is 162 Å². The molecule has 27 heavy (non-hydrogen) atoms. The molecule has 1 amide bonds. The Morgan fingerprint density at radius 1 is 1.33 bits per heavy atom. The molecular formula is C21H20N2O3S. The molecule has 0 saturated carbocycles. The van der Waals surface area contributed by atoms with Gasteiger partial charge in [0.05, 0.1) is 18.1 Å². The van der Waals surface area contributed by atoms with Crippen LogP contribution >= 0.6 is 11.3 Å². The zero-order chi connectivity index (χ0) is 18.8. The molecule has 0 unspecified atom stereocenters. The fourth-order valence-electron chi connectivity index (χ4n) is 3.24. The van der Waals surface area contributed by atoms with E-state index < -0.39 is 0 Å². The van der Waals surface area contributed by atoms with E-state index in [-0.39, 0.29) is 5.91 Å². The number of allylic oxidation sites excluding steroid dienone is 1. The summed E-state index contributed by atoms with van der Waals surface area (Å²) >= 11 is 1.69. The van der Waals surface area contributed by atoms with E-state index in [9.17, 15) is 4.79 Å². The van der Waals surface area contributed by atoms with Crippen LogP contribution in [-0.4, -0.2) is 44.2 Å². The number of hydrogen-bond acceptors (Lipinski definition) is 5. The van der Waals surface area contributed by atoms with Gasteiger partial charge in [0.25, 0.3) is 0 Å². The van der Waals surface area contributed by atoms with E-state index in [0.29, 0.717) is 0 Å². The summed E-state index contributed by atoms with van der Waals surface area (Å²) in [6.07, 6.45) is 8.25. The second-order valence-electron chi connectivity index (χ2n) is 6.41. The van der Waals surface area contributed by atoms with E-state index in [1.165, 1.54) is 9.78 Å². The van der Waals surface area contributed by atoms with E-state index in [1.54, 1.807) is 18.4 Å². The molecule has 2 aliphatic rings. The normalized spacial score (nSPS) is 16.0. The van der Waals surface area contributed by atoms with Crippen LogP contribution in [0.5, 0.6) is 5.75 Å². The molecule has 3 heterocycles. The van der Waals surface area contributed by atoms with Crippen LogP contribution in [0.2, 0.25) is 0 Å². The maximum Gasteiger partial charge on any atom is 0.302 e. The summed E-state index contributed by atoms with van der Waals surface area (Å²) in [6.45, 7) is 3.13. The number of rotatable bonds is 3. The molecule has 0 radical (unpaired) electrons. The van der Waals surface area contributed by atoms with Crippen LogP contribution in [0.3, 0.4) is 0 Å². The SMILES string of the molecule is C#CC(=O)N(C)c1cccc(-c2csc3c2OC(N2CCOCC2)=CC3)c1. The summed E-state index contributed by atoms with van der Waals surface area (Å²) in [7, 11) is 1.68. The molecule has 4 rings (SSSR count). The molecule has 2 aromatic rings. The van der Waals surface area contributed by atoms with Gasteiger partial charge in [-0.05, 0) is 29.7 Å². The Hall–Kier alpha value is -2.75. The van der Waals surface area contributed by atoms with Crippen LogP contribution < -0.4 is 9.64 Å². The fourth-order valence-corrected chi connectivity index (χ4v) is 4.18. The Bertz CT molecular complexity index is 935. The summed E-state index contributed by atoms with van der Waals surface area (Å²) in [6, 6.07) is 7.79. The molecule has 2 aliphatic heterocycles. The van der Waals surface area contributed by atoms with Gasteiger partial charge in [-0.1, -0.05) is 12.1 Å². The average Bonchev–Trinajstić information content (AvgIpc) is 3.16. The molecule has 0 N–H and O–H groups in total. The number of carbonyl (C=O) groups excluding carboxylic acids is 1. The number of amides is 1. The number of fused-ring (bicyclic) bond motifs is 1. The van der Waals surface area contributed by atoms with Crippen molar-refractivity contribution in [3.05, 3.63) is 46.5 Å². The molecule has 1 aromatic heterocycles. The van der Waals surface area contributed by atoms with Gasteiger partial charge in [-0.15, -0.1) is 17.8 Å². The van der Waals surface area contributed by atoms with Gasteiger partial charge in [-0.2, -0.15) is 0 Å². The first-order valence-electron chi connectivity index (χ1n) is 8.83. The molecule has 1 aromatic carbocycles. The van der Waals surface area contributed by atoms with Gasteiger partial charge in [0.15, 0.2) is 11.6 Å². The maximum absolute atomic E-state index is 11.8. The predicted octanol–water partition coefficient (Wildman–Crippen LogP) is 3.12. The van der Waals surface area contributed by atoms with E-state index >= 15 is 0 Å². The summed E-state index contributed by atoms with van der Waals surface area (Å²) < 4.78 is 11.7. The smallest absolute Gasteiger partial charge is 0.302 e. The van der Waals surface area contributed by atoms with E-state index in [0.717, 1.165) is 61.2 Å². The van der Waals surface area contributed by atoms with Gasteiger partial charge in [0.2, 0.25) is 0 Å². The van der Waals surface area contributed by atoms with Crippen molar-refractivity contribution in [3.63, 3.8) is 0 Å². The average molecular weight is 380 g/mol. The van der Waals surface area contributed by atoms with Crippen molar-refractivity contribution in [2.24, 2.45) is 0 Å². The monoisotopic (exact) mass is 380 g/mol. The van der Waals surface area contributed by atoms with Gasteiger partial charge in [-0.25, -0.2) is 0 Å². The van der Waals surface area contributed by atoms with Crippen LogP contribution in [0, 0.1) is 12.3 Å². The number of morpholine rings is 1. The number of terminal acetylenes is 1. The minimum absolute atomic E-state index is 0.367. The van der Waals surface area contributed by atoms with Crippen LogP contribution in [0.25, 0.3) is 11.1 Å². The van der Waals surface area contributed by atoms with Crippen LogP contribution in [-0.2, 0) is 16.0 Å². The number of ether oxygens (including phenoxy) is 2. The minimum atomic E-state index is -0.367. The Morgan fingerprint density at radius 2 is 2.15 bits per heavy atom. The van der Waals surface area contributed by atoms with Crippen molar-refractivity contribution in [2.45, 2.75) is 6.42 Å². The fraction of sp³-hybridized carbons (Fsp3) is 0.286. The first-order chi connectivity index (χ1) is 13.2. The second kappa shape index (κ2) is 7.47. The maximum atomic E-state index is 11.8. The molecule has 0 spiro atoms. The number of carbonyl (C=O) groups is 1. The lowest BCUT2D eigenvalue weighted by molar-refractivity contribution is -0.113. The van der Waals surface area contributed by atoms with E-state index in [1.807, 2.05) is 24.3 Å². The third-order valence-corrected chi connectivity index (χ3v) is 5.77. The summed E-state index contributed by atoms with van der Waals surface area (Å²) in [4.78, 5) is 16.7. The lowest BCUT2D eigenvalue weighted by Crippen LogP contribution is -2.37. The lowest BCUT2D eigenvalue weighted by atomic mass is 10.1. The molecule has 0 bridgehead atoms. The third-order valence-electron chi connectivity index (χ3n) is 4.78. The van der Waals surface area contributed by atoms with Gasteiger partial charge in [-0.3, -0.25) is 4.79 Å². The molecule has 1 saturated heterocycles. The molecule has 1 fully saturated rings. The van der Waals surface area contributed by atoms with Crippen molar-refractivity contribution >= 4 is 22.9 Å². The largest absolute Gasteiger partial charge is 0.440 e. The summed E-state index contributed by atoms with van der Waals surface area (Å²) in [5.41, 5.74) is 2.80. The van der Waals surface area contributed by atoms with E-state index in [2.05, 4.69) is 22.3 Å². The Kier molecular flexibility index (Phi) is 4.88. The number of anilines is 1. The van der Waals surface area contributed by atoms with Gasteiger partial charge in [0, 0.05) is 43.2 Å². The molecular weight excluding hydrogens is 360 g/mol. The van der Waals surface area contributed by atoms with Gasteiger partial charge < -0.3 is 19.3 Å². The lowest BCUT2D eigenvalue weighted by Gasteiger charge is -2.32. The highest BCUT2D eigenvalue weighted by atomic mass is 32.1. The zero-order valence-corrected chi connectivity index (χ0v) is 15.9. The predicted molar refractivity (Wildman–Crippen MR) is 107 cm³/mol. The highest BCUT2D eigenvalue weighted by Crippen LogP contribution is 2.43. The van der Waals surface area contributed by atoms with Crippen molar-refractivity contribution in [1.29, 1.82) is 0 Å². The number of hydrogen-bond donors (Lipinski definition) is 0. The topological polar surface area (TPSA) is 42.0 Å².